The van der Waals surface area contributed by atoms with Gasteiger partial charge in [0.15, 0.2) is 0 Å². The molecule has 0 N–H and O–H groups in total. The highest BCUT2D eigenvalue weighted by Gasteiger charge is 2.14. The van der Waals surface area contributed by atoms with Gasteiger partial charge in [-0.1, -0.05) is 135 Å². The maximum absolute atomic E-state index is 4.01. The van der Waals surface area contributed by atoms with Gasteiger partial charge in [0.2, 0.25) is 0 Å². The van der Waals surface area contributed by atoms with Gasteiger partial charge in [0.1, 0.15) is 0 Å². The second kappa shape index (κ2) is 9.58. The fourth-order valence-corrected chi connectivity index (χ4v) is 6.71. The first-order chi connectivity index (χ1) is 20.7. The van der Waals surface area contributed by atoms with Crippen molar-refractivity contribution in [2.45, 2.75) is 0 Å². The molecular weight excluding hydrogens is 504 g/mol. The lowest BCUT2D eigenvalue weighted by Crippen LogP contribution is -1.88. The van der Waals surface area contributed by atoms with Crippen LogP contribution in [0.3, 0.4) is 0 Å². The molecule has 0 aliphatic rings. The maximum atomic E-state index is 4.01. The van der Waals surface area contributed by atoms with Crippen molar-refractivity contribution in [2.24, 2.45) is 0 Å². The van der Waals surface area contributed by atoms with E-state index in [0.717, 1.165) is 11.1 Å². The minimum atomic E-state index is 1.10. The van der Waals surface area contributed by atoms with Crippen LogP contribution in [0.5, 0.6) is 0 Å². The molecule has 0 aliphatic heterocycles. The van der Waals surface area contributed by atoms with E-state index < -0.39 is 0 Å². The normalized spacial score (nSPS) is 11.5. The molecule has 8 rings (SSSR count). The fourth-order valence-electron chi connectivity index (χ4n) is 6.71. The molecule has 0 heteroatoms. The minimum Gasteiger partial charge on any atom is -0.0984 e. The van der Waals surface area contributed by atoms with Crippen LogP contribution in [0.1, 0.15) is 11.1 Å². The Morgan fingerprint density at radius 2 is 0.810 bits per heavy atom. The van der Waals surface area contributed by atoms with E-state index in [9.17, 15) is 0 Å². The summed E-state index contributed by atoms with van der Waals surface area (Å²) in [7, 11) is 0. The zero-order chi connectivity index (χ0) is 28.2. The van der Waals surface area contributed by atoms with E-state index in [-0.39, 0.29) is 0 Å². The predicted octanol–water partition coefficient (Wildman–Crippen LogP) is 12.1. The first kappa shape index (κ1) is 24.3. The van der Waals surface area contributed by atoms with E-state index in [4.69, 9.17) is 0 Å². The predicted molar refractivity (Wildman–Crippen MR) is 185 cm³/mol. The van der Waals surface area contributed by atoms with E-state index in [1.807, 2.05) is 12.2 Å². The molecule has 0 aliphatic carbocycles. The van der Waals surface area contributed by atoms with Crippen LogP contribution in [0.25, 0.3) is 88.3 Å². The van der Waals surface area contributed by atoms with Crippen molar-refractivity contribution in [3.8, 4) is 22.3 Å². The van der Waals surface area contributed by atoms with Crippen molar-refractivity contribution in [1.29, 1.82) is 0 Å². The van der Waals surface area contributed by atoms with Gasteiger partial charge < -0.3 is 0 Å². The van der Waals surface area contributed by atoms with Crippen LogP contribution in [0.15, 0.2) is 147 Å². The lowest BCUT2D eigenvalue weighted by Gasteiger charge is -2.15. The van der Waals surface area contributed by atoms with Gasteiger partial charge >= 0.3 is 0 Å². The first-order valence-corrected chi connectivity index (χ1v) is 14.4. The Morgan fingerprint density at radius 1 is 0.333 bits per heavy atom. The van der Waals surface area contributed by atoms with Crippen LogP contribution >= 0.6 is 0 Å². The standard InChI is InChI=1S/C42H28/c1-3-27-17-18-29(23-28(27)4-2)30-19-21-38-39-22-20-32(26-42(39)37-16-10-9-15-36(37)41(38)24-30)40-25-31-11-5-6-12-33(31)34-13-7-8-14-35(34)40/h3-26H,1-2H2. The molecule has 0 unspecified atom stereocenters. The first-order valence-electron chi connectivity index (χ1n) is 14.4. The van der Waals surface area contributed by atoms with Gasteiger partial charge in [-0.3, -0.25) is 0 Å². The lowest BCUT2D eigenvalue weighted by molar-refractivity contribution is 1.59. The molecule has 196 valence electrons. The van der Waals surface area contributed by atoms with Crippen molar-refractivity contribution in [1.82, 2.24) is 0 Å². The average molecular weight is 533 g/mol. The monoisotopic (exact) mass is 532 g/mol. The fraction of sp³-hybridized carbons (Fsp3) is 0. The molecule has 8 aromatic carbocycles. The topological polar surface area (TPSA) is 0 Å². The van der Waals surface area contributed by atoms with E-state index in [0.29, 0.717) is 0 Å². The van der Waals surface area contributed by atoms with Crippen LogP contribution < -0.4 is 0 Å². The highest BCUT2D eigenvalue weighted by Crippen LogP contribution is 2.41. The molecule has 0 atom stereocenters. The number of hydrogen-bond acceptors (Lipinski definition) is 0. The highest BCUT2D eigenvalue weighted by molar-refractivity contribution is 6.26. The highest BCUT2D eigenvalue weighted by atomic mass is 14.2. The molecule has 0 heterocycles. The number of hydrogen-bond donors (Lipinski definition) is 0. The van der Waals surface area contributed by atoms with Crippen LogP contribution in [0.2, 0.25) is 0 Å². The average Bonchev–Trinajstić information content (AvgIpc) is 3.07. The van der Waals surface area contributed by atoms with Crippen molar-refractivity contribution in [3.05, 3.63) is 158 Å². The second-order valence-electron chi connectivity index (χ2n) is 11.0. The van der Waals surface area contributed by atoms with E-state index >= 15 is 0 Å². The minimum absolute atomic E-state index is 1.10. The summed E-state index contributed by atoms with van der Waals surface area (Å²) in [6.45, 7) is 7.96. The van der Waals surface area contributed by atoms with Gasteiger partial charge in [0.25, 0.3) is 0 Å². The Balaban J connectivity index is 1.39. The summed E-state index contributed by atoms with van der Waals surface area (Å²) in [5.41, 5.74) is 7.09. The van der Waals surface area contributed by atoms with Crippen molar-refractivity contribution in [2.75, 3.05) is 0 Å². The third kappa shape index (κ3) is 3.70. The largest absolute Gasteiger partial charge is 0.0984 e. The van der Waals surface area contributed by atoms with Crippen LogP contribution in [-0.2, 0) is 0 Å². The quantitative estimate of drug-likeness (QED) is 0.198. The van der Waals surface area contributed by atoms with Crippen LogP contribution in [0.4, 0.5) is 0 Å². The smallest absolute Gasteiger partial charge is 0.00928 e. The third-order valence-electron chi connectivity index (χ3n) is 8.78. The molecule has 0 bridgehead atoms. The summed E-state index contributed by atoms with van der Waals surface area (Å²) in [4.78, 5) is 0. The third-order valence-corrected chi connectivity index (χ3v) is 8.78. The Morgan fingerprint density at radius 3 is 1.48 bits per heavy atom. The molecule has 0 spiro atoms. The molecule has 8 aromatic rings. The Bertz CT molecular complexity index is 2370. The Kier molecular flexibility index (Phi) is 5.55. The molecular formula is C42H28. The van der Waals surface area contributed by atoms with Gasteiger partial charge in [-0.25, -0.2) is 0 Å². The van der Waals surface area contributed by atoms with Gasteiger partial charge in [-0.05, 0) is 112 Å². The summed E-state index contributed by atoms with van der Waals surface area (Å²) in [6, 6.07) is 49.0. The summed E-state index contributed by atoms with van der Waals surface area (Å²) >= 11 is 0. The molecule has 0 saturated heterocycles. The van der Waals surface area contributed by atoms with Crippen LogP contribution in [-0.4, -0.2) is 0 Å². The number of rotatable bonds is 4. The Labute approximate surface area is 245 Å². The molecule has 0 radical (unpaired) electrons. The molecule has 0 aromatic heterocycles. The van der Waals surface area contributed by atoms with E-state index in [1.54, 1.807) is 0 Å². The van der Waals surface area contributed by atoms with Gasteiger partial charge in [0, 0.05) is 0 Å². The molecule has 0 amide bonds. The molecule has 0 nitrogen and oxygen atoms in total. The zero-order valence-electron chi connectivity index (χ0n) is 23.3. The van der Waals surface area contributed by atoms with Crippen molar-refractivity contribution < 1.29 is 0 Å². The number of fused-ring (bicyclic) bond motifs is 9. The number of benzene rings is 8. The summed E-state index contributed by atoms with van der Waals surface area (Å²) in [6.07, 6.45) is 3.79. The van der Waals surface area contributed by atoms with Gasteiger partial charge in [0.05, 0.1) is 0 Å². The Hall–Kier alpha value is -5.46. The lowest BCUT2D eigenvalue weighted by atomic mass is 9.88. The van der Waals surface area contributed by atoms with Crippen molar-refractivity contribution >= 4 is 66.0 Å². The van der Waals surface area contributed by atoms with Gasteiger partial charge in [-0.15, -0.1) is 0 Å². The molecule has 42 heavy (non-hydrogen) atoms. The summed E-state index contributed by atoms with van der Waals surface area (Å²) in [5, 5.41) is 12.8. The van der Waals surface area contributed by atoms with E-state index in [1.165, 1.54) is 76.1 Å². The zero-order valence-corrected chi connectivity index (χ0v) is 23.3. The van der Waals surface area contributed by atoms with Crippen molar-refractivity contribution in [3.63, 3.8) is 0 Å². The summed E-state index contributed by atoms with van der Waals surface area (Å²) < 4.78 is 0. The van der Waals surface area contributed by atoms with Crippen LogP contribution in [0, 0.1) is 0 Å². The van der Waals surface area contributed by atoms with Gasteiger partial charge in [-0.2, -0.15) is 0 Å². The summed E-state index contributed by atoms with van der Waals surface area (Å²) in [5.74, 6) is 0. The molecule has 0 fully saturated rings. The SMILES string of the molecule is C=Cc1ccc(-c2ccc3c4ccc(-c5cc6ccccc6c6ccccc56)cc4c4ccccc4c3c2)cc1C=C. The molecule has 0 saturated carbocycles. The second-order valence-corrected chi connectivity index (χ2v) is 11.0. The van der Waals surface area contributed by atoms with E-state index in [2.05, 4.69) is 147 Å². The maximum Gasteiger partial charge on any atom is -0.00928 e.